The Bertz CT molecular complexity index is 640. The molecule has 0 atom stereocenters. The lowest BCUT2D eigenvalue weighted by atomic mass is 10.2. The molecule has 1 fully saturated rings. The third kappa shape index (κ3) is 4.56. The molecule has 0 N–H and O–H groups in total. The third-order valence-electron chi connectivity index (χ3n) is 3.04. The number of esters is 1. The summed E-state index contributed by atoms with van der Waals surface area (Å²) in [4.78, 5) is 26.0. The molecule has 0 aromatic heterocycles. The fourth-order valence-corrected chi connectivity index (χ4v) is 3.11. The van der Waals surface area contributed by atoms with Gasteiger partial charge in [-0.2, -0.15) is 0 Å². The SMILES string of the molecule is CCCOC(=O)CN1C(=O)S/C(=C\c2ccc(OC)cc2)C1=S. The first kappa shape index (κ1) is 17.5. The van der Waals surface area contributed by atoms with Crippen LogP contribution in [0.3, 0.4) is 0 Å². The molecule has 1 aromatic rings. The third-order valence-corrected chi connectivity index (χ3v) is 4.54. The van der Waals surface area contributed by atoms with E-state index in [4.69, 9.17) is 21.7 Å². The van der Waals surface area contributed by atoms with Crippen LogP contribution in [0.25, 0.3) is 6.08 Å². The number of carbonyl (C=O) groups excluding carboxylic acids is 2. The number of thiocarbonyl (C=S) groups is 1. The van der Waals surface area contributed by atoms with Gasteiger partial charge in [0.05, 0.1) is 18.6 Å². The van der Waals surface area contributed by atoms with E-state index in [0.29, 0.717) is 16.5 Å². The van der Waals surface area contributed by atoms with Gasteiger partial charge in [0.1, 0.15) is 17.3 Å². The predicted octanol–water partition coefficient (Wildman–Crippen LogP) is 3.49. The molecule has 23 heavy (non-hydrogen) atoms. The zero-order chi connectivity index (χ0) is 16.8. The van der Waals surface area contributed by atoms with Crippen molar-refractivity contribution < 1.29 is 19.1 Å². The highest BCUT2D eigenvalue weighted by molar-refractivity contribution is 8.19. The van der Waals surface area contributed by atoms with Crippen molar-refractivity contribution in [3.63, 3.8) is 0 Å². The second kappa shape index (κ2) is 8.12. The van der Waals surface area contributed by atoms with E-state index in [1.807, 2.05) is 37.3 Å². The number of amides is 1. The van der Waals surface area contributed by atoms with E-state index in [2.05, 4.69) is 0 Å². The Labute approximate surface area is 144 Å². The van der Waals surface area contributed by atoms with Crippen molar-refractivity contribution in [2.24, 2.45) is 0 Å². The van der Waals surface area contributed by atoms with Crippen molar-refractivity contribution in [2.45, 2.75) is 13.3 Å². The van der Waals surface area contributed by atoms with Gasteiger partial charge in [0.15, 0.2) is 0 Å². The average molecular weight is 351 g/mol. The van der Waals surface area contributed by atoms with Crippen LogP contribution in [0.2, 0.25) is 0 Å². The van der Waals surface area contributed by atoms with Crippen molar-refractivity contribution in [1.29, 1.82) is 0 Å². The second-order valence-corrected chi connectivity index (χ2v) is 6.14. The first-order valence-electron chi connectivity index (χ1n) is 7.10. The summed E-state index contributed by atoms with van der Waals surface area (Å²) in [5, 5.41) is -0.261. The van der Waals surface area contributed by atoms with Crippen LogP contribution in [-0.4, -0.2) is 41.4 Å². The zero-order valence-corrected chi connectivity index (χ0v) is 14.5. The summed E-state index contributed by atoms with van der Waals surface area (Å²) >= 11 is 6.32. The molecule has 0 radical (unpaired) electrons. The van der Waals surface area contributed by atoms with E-state index in [1.54, 1.807) is 7.11 Å². The Morgan fingerprint density at radius 1 is 1.35 bits per heavy atom. The maximum Gasteiger partial charge on any atom is 0.326 e. The Kier molecular flexibility index (Phi) is 6.18. The largest absolute Gasteiger partial charge is 0.497 e. The number of thioether (sulfide) groups is 1. The highest BCUT2D eigenvalue weighted by Crippen LogP contribution is 2.33. The highest BCUT2D eigenvalue weighted by atomic mass is 32.2. The fraction of sp³-hybridized carbons (Fsp3) is 0.312. The molecule has 0 saturated carbocycles. The number of nitrogens with zero attached hydrogens (tertiary/aromatic N) is 1. The van der Waals surface area contributed by atoms with Crippen LogP contribution in [0, 0.1) is 0 Å². The van der Waals surface area contributed by atoms with Crippen molar-refractivity contribution >= 4 is 46.3 Å². The maximum atomic E-state index is 12.0. The van der Waals surface area contributed by atoms with Crippen molar-refractivity contribution in [3.8, 4) is 5.75 Å². The number of rotatable bonds is 6. The molecule has 0 unspecified atom stereocenters. The number of hydrogen-bond acceptors (Lipinski definition) is 6. The van der Waals surface area contributed by atoms with Gasteiger partial charge in [0.2, 0.25) is 0 Å². The second-order valence-electron chi connectivity index (χ2n) is 4.76. The van der Waals surface area contributed by atoms with Crippen LogP contribution in [0.5, 0.6) is 5.75 Å². The first-order valence-corrected chi connectivity index (χ1v) is 8.32. The minimum atomic E-state index is -0.450. The number of ether oxygens (including phenoxy) is 2. The Balaban J connectivity index is 2.07. The van der Waals surface area contributed by atoms with E-state index < -0.39 is 5.97 Å². The van der Waals surface area contributed by atoms with E-state index >= 15 is 0 Å². The van der Waals surface area contributed by atoms with Crippen LogP contribution < -0.4 is 4.74 Å². The van der Waals surface area contributed by atoms with Crippen LogP contribution >= 0.6 is 24.0 Å². The van der Waals surface area contributed by atoms with Crippen LogP contribution in [0.1, 0.15) is 18.9 Å². The summed E-state index contributed by atoms with van der Waals surface area (Å²) < 4.78 is 10.1. The van der Waals surface area contributed by atoms with Gasteiger partial charge in [-0.15, -0.1) is 0 Å². The Morgan fingerprint density at radius 2 is 2.04 bits per heavy atom. The highest BCUT2D eigenvalue weighted by Gasteiger charge is 2.33. The summed E-state index contributed by atoms with van der Waals surface area (Å²) in [6.07, 6.45) is 2.56. The molecular formula is C16H17NO4S2. The van der Waals surface area contributed by atoms with Crippen LogP contribution in [-0.2, 0) is 9.53 Å². The summed E-state index contributed by atoms with van der Waals surface area (Å²) in [6.45, 7) is 2.10. The zero-order valence-electron chi connectivity index (χ0n) is 12.9. The predicted molar refractivity (Wildman–Crippen MR) is 94.5 cm³/mol. The number of benzene rings is 1. The summed E-state index contributed by atoms with van der Waals surface area (Å²) in [5.41, 5.74) is 0.902. The first-order chi connectivity index (χ1) is 11.0. The molecular weight excluding hydrogens is 334 g/mol. The van der Waals surface area contributed by atoms with Gasteiger partial charge in [-0.1, -0.05) is 31.3 Å². The maximum absolute atomic E-state index is 12.0. The molecule has 5 nitrogen and oxygen atoms in total. The van der Waals surface area contributed by atoms with Gasteiger partial charge in [0, 0.05) is 0 Å². The smallest absolute Gasteiger partial charge is 0.326 e. The monoisotopic (exact) mass is 351 g/mol. The Hall–Kier alpha value is -1.86. The molecule has 1 aliphatic heterocycles. The lowest BCUT2D eigenvalue weighted by Crippen LogP contribution is -2.33. The minimum Gasteiger partial charge on any atom is -0.497 e. The molecule has 1 aliphatic rings. The molecule has 1 aromatic carbocycles. The molecule has 0 spiro atoms. The molecule has 7 heteroatoms. The standard InChI is InChI=1S/C16H17NO4S2/c1-3-8-21-14(18)10-17-15(22)13(23-16(17)19)9-11-4-6-12(20-2)7-5-11/h4-7,9H,3,8,10H2,1-2H3/b13-9-. The summed E-state index contributed by atoms with van der Waals surface area (Å²) in [7, 11) is 1.60. The van der Waals surface area contributed by atoms with Gasteiger partial charge in [-0.05, 0) is 42.0 Å². The van der Waals surface area contributed by atoms with Crippen molar-refractivity contribution in [2.75, 3.05) is 20.3 Å². The van der Waals surface area contributed by atoms with Gasteiger partial charge in [-0.3, -0.25) is 14.5 Å². The van der Waals surface area contributed by atoms with Gasteiger partial charge >= 0.3 is 5.97 Å². The molecule has 1 amide bonds. The van der Waals surface area contributed by atoms with Crippen molar-refractivity contribution in [1.82, 2.24) is 4.90 Å². The van der Waals surface area contributed by atoms with Crippen molar-refractivity contribution in [3.05, 3.63) is 34.7 Å². The summed E-state index contributed by atoms with van der Waals surface area (Å²) in [5.74, 6) is 0.305. The molecule has 0 aliphatic carbocycles. The van der Waals surface area contributed by atoms with Gasteiger partial charge in [-0.25, -0.2) is 0 Å². The van der Waals surface area contributed by atoms with Gasteiger partial charge in [0.25, 0.3) is 5.24 Å². The quantitative estimate of drug-likeness (QED) is 0.444. The lowest BCUT2D eigenvalue weighted by molar-refractivity contribution is -0.143. The van der Waals surface area contributed by atoms with E-state index in [1.165, 1.54) is 4.90 Å². The van der Waals surface area contributed by atoms with E-state index in [0.717, 1.165) is 29.5 Å². The topological polar surface area (TPSA) is 55.8 Å². The molecule has 0 bridgehead atoms. The van der Waals surface area contributed by atoms with Gasteiger partial charge < -0.3 is 9.47 Å². The summed E-state index contributed by atoms with van der Waals surface area (Å²) in [6, 6.07) is 7.41. The molecule has 2 rings (SSSR count). The fourth-order valence-electron chi connectivity index (χ4n) is 1.88. The van der Waals surface area contributed by atoms with Crippen LogP contribution in [0.15, 0.2) is 29.2 Å². The van der Waals surface area contributed by atoms with E-state index in [-0.39, 0.29) is 11.8 Å². The Morgan fingerprint density at radius 3 is 2.65 bits per heavy atom. The molecule has 122 valence electrons. The van der Waals surface area contributed by atoms with E-state index in [9.17, 15) is 9.59 Å². The average Bonchev–Trinajstić information content (AvgIpc) is 2.81. The van der Waals surface area contributed by atoms with Crippen LogP contribution in [0.4, 0.5) is 4.79 Å². The number of methoxy groups -OCH3 is 1. The lowest BCUT2D eigenvalue weighted by Gasteiger charge is -2.13. The minimum absolute atomic E-state index is 0.148. The number of hydrogen-bond donors (Lipinski definition) is 0. The normalized spacial score (nSPS) is 16.1. The number of carbonyl (C=O) groups is 2. The molecule has 1 heterocycles. The molecule has 1 saturated heterocycles.